The first-order chi connectivity index (χ1) is 9.41. The van der Waals surface area contributed by atoms with Crippen molar-refractivity contribution in [3.8, 4) is 0 Å². The van der Waals surface area contributed by atoms with E-state index in [1.165, 1.54) is 30.6 Å². The summed E-state index contributed by atoms with van der Waals surface area (Å²) < 4.78 is 0. The fourth-order valence-corrected chi connectivity index (χ4v) is 4.50. The van der Waals surface area contributed by atoms with E-state index < -0.39 is 0 Å². The van der Waals surface area contributed by atoms with Crippen LogP contribution in [-0.4, -0.2) is 6.54 Å². The van der Waals surface area contributed by atoms with Gasteiger partial charge in [-0.15, -0.1) is 11.3 Å². The van der Waals surface area contributed by atoms with E-state index in [4.69, 9.17) is 0 Å². The van der Waals surface area contributed by atoms with Gasteiger partial charge < -0.3 is 5.32 Å². The monoisotopic (exact) mass is 293 g/mol. The molecule has 1 atom stereocenters. The van der Waals surface area contributed by atoms with Gasteiger partial charge in [-0.05, 0) is 48.8 Å². The van der Waals surface area contributed by atoms with Gasteiger partial charge in [-0.2, -0.15) is 0 Å². The summed E-state index contributed by atoms with van der Waals surface area (Å²) in [7, 11) is 0. The van der Waals surface area contributed by atoms with Crippen LogP contribution in [0.2, 0.25) is 0 Å². The Bertz CT molecular complexity index is 407. The average molecular weight is 294 g/mol. The van der Waals surface area contributed by atoms with Crippen molar-refractivity contribution in [2.45, 2.75) is 71.8 Å². The molecule has 20 heavy (non-hydrogen) atoms. The summed E-state index contributed by atoms with van der Waals surface area (Å²) in [6, 6.07) is 5.29. The molecule has 0 spiro atoms. The fraction of sp³-hybridized carbons (Fsp3) is 0.778. The van der Waals surface area contributed by atoms with Crippen molar-refractivity contribution in [2.24, 2.45) is 11.8 Å². The lowest BCUT2D eigenvalue weighted by Gasteiger charge is -2.33. The van der Waals surface area contributed by atoms with Gasteiger partial charge in [-0.1, -0.05) is 47.5 Å². The molecule has 1 heterocycles. The lowest BCUT2D eigenvalue weighted by molar-refractivity contribution is 0.235. The molecule has 0 aromatic carbocycles. The summed E-state index contributed by atoms with van der Waals surface area (Å²) in [6.45, 7) is 12.6. The second-order valence-corrected chi connectivity index (χ2v) is 8.62. The van der Waals surface area contributed by atoms with Gasteiger partial charge in [-0.3, -0.25) is 0 Å². The summed E-state index contributed by atoms with van der Waals surface area (Å²) in [5, 5.41) is 3.76. The van der Waals surface area contributed by atoms with E-state index in [1.807, 2.05) is 11.3 Å². The third-order valence-electron chi connectivity index (χ3n) is 4.63. The summed E-state index contributed by atoms with van der Waals surface area (Å²) in [4.78, 5) is 3.07. The second kappa shape index (κ2) is 6.62. The van der Waals surface area contributed by atoms with Gasteiger partial charge in [0, 0.05) is 15.8 Å². The van der Waals surface area contributed by atoms with E-state index in [1.54, 1.807) is 4.88 Å². The molecule has 0 radical (unpaired) electrons. The van der Waals surface area contributed by atoms with Gasteiger partial charge >= 0.3 is 0 Å². The van der Waals surface area contributed by atoms with Crippen molar-refractivity contribution in [2.75, 3.05) is 6.54 Å². The maximum Gasteiger partial charge on any atom is 0.0443 e. The van der Waals surface area contributed by atoms with Crippen LogP contribution in [0.15, 0.2) is 12.1 Å². The molecule has 1 aromatic heterocycles. The van der Waals surface area contributed by atoms with Crippen LogP contribution in [0, 0.1) is 11.8 Å². The molecule has 1 unspecified atom stereocenters. The van der Waals surface area contributed by atoms with Gasteiger partial charge in [0.25, 0.3) is 0 Å². The Balaban J connectivity index is 2.14. The molecule has 0 aliphatic heterocycles. The normalized spacial score (nSPS) is 25.6. The average Bonchev–Trinajstić information content (AvgIpc) is 2.86. The highest BCUT2D eigenvalue weighted by Gasteiger charge is 2.28. The van der Waals surface area contributed by atoms with Crippen molar-refractivity contribution in [1.82, 2.24) is 5.32 Å². The maximum atomic E-state index is 3.76. The SMILES string of the molecule is CCNC(c1ccc(C(C)(C)C)s1)C1CCC(C)CC1. The van der Waals surface area contributed by atoms with Crippen LogP contribution in [0.4, 0.5) is 0 Å². The summed E-state index contributed by atoms with van der Waals surface area (Å²) in [6.07, 6.45) is 5.59. The Hall–Kier alpha value is -0.340. The molecule has 1 nitrogen and oxygen atoms in total. The van der Waals surface area contributed by atoms with Crippen LogP contribution in [0.25, 0.3) is 0 Å². The van der Waals surface area contributed by atoms with E-state index in [0.29, 0.717) is 6.04 Å². The molecule has 1 aliphatic rings. The highest BCUT2D eigenvalue weighted by atomic mass is 32.1. The maximum absolute atomic E-state index is 3.76. The highest BCUT2D eigenvalue weighted by Crippen LogP contribution is 2.40. The molecule has 0 bridgehead atoms. The molecule has 0 saturated heterocycles. The number of hydrogen-bond donors (Lipinski definition) is 1. The van der Waals surface area contributed by atoms with Crippen LogP contribution in [0.1, 0.15) is 76.1 Å². The lowest BCUT2D eigenvalue weighted by Crippen LogP contribution is -2.30. The Morgan fingerprint density at radius 2 is 1.85 bits per heavy atom. The molecule has 2 rings (SSSR count). The summed E-state index contributed by atoms with van der Waals surface area (Å²) >= 11 is 2.02. The van der Waals surface area contributed by atoms with Crippen molar-refractivity contribution < 1.29 is 0 Å². The van der Waals surface area contributed by atoms with E-state index in [-0.39, 0.29) is 5.41 Å². The Morgan fingerprint density at radius 3 is 2.35 bits per heavy atom. The van der Waals surface area contributed by atoms with Crippen LogP contribution in [0.5, 0.6) is 0 Å². The fourth-order valence-electron chi connectivity index (χ4n) is 3.26. The molecule has 1 fully saturated rings. The first kappa shape index (κ1) is 16.0. The summed E-state index contributed by atoms with van der Waals surface area (Å²) in [5.41, 5.74) is 0.279. The molecule has 1 N–H and O–H groups in total. The van der Waals surface area contributed by atoms with Crippen LogP contribution >= 0.6 is 11.3 Å². The Morgan fingerprint density at radius 1 is 1.20 bits per heavy atom. The van der Waals surface area contributed by atoms with E-state index in [9.17, 15) is 0 Å². The first-order valence-corrected chi connectivity index (χ1v) is 9.07. The molecule has 1 saturated carbocycles. The van der Waals surface area contributed by atoms with Gasteiger partial charge in [0.05, 0.1) is 0 Å². The lowest BCUT2D eigenvalue weighted by atomic mass is 9.79. The zero-order chi connectivity index (χ0) is 14.8. The molecular weight excluding hydrogens is 262 g/mol. The summed E-state index contributed by atoms with van der Waals surface area (Å²) in [5.74, 6) is 1.76. The topological polar surface area (TPSA) is 12.0 Å². The quantitative estimate of drug-likeness (QED) is 0.770. The molecule has 1 aromatic rings. The second-order valence-electron chi connectivity index (χ2n) is 7.51. The minimum atomic E-state index is 0.279. The van der Waals surface area contributed by atoms with Crippen LogP contribution in [0.3, 0.4) is 0 Å². The van der Waals surface area contributed by atoms with Crippen molar-refractivity contribution in [3.63, 3.8) is 0 Å². The number of nitrogens with one attached hydrogen (secondary N) is 1. The molecular formula is C18H31NS. The number of hydrogen-bond acceptors (Lipinski definition) is 2. The minimum Gasteiger partial charge on any atom is -0.309 e. The van der Waals surface area contributed by atoms with Crippen molar-refractivity contribution in [3.05, 3.63) is 21.9 Å². The van der Waals surface area contributed by atoms with Crippen LogP contribution in [-0.2, 0) is 5.41 Å². The largest absolute Gasteiger partial charge is 0.309 e. The number of rotatable bonds is 4. The molecule has 1 aliphatic carbocycles. The predicted molar refractivity (Wildman–Crippen MR) is 90.6 cm³/mol. The Kier molecular flexibility index (Phi) is 5.30. The van der Waals surface area contributed by atoms with Crippen LogP contribution < -0.4 is 5.32 Å². The van der Waals surface area contributed by atoms with Gasteiger partial charge in [0.15, 0.2) is 0 Å². The third-order valence-corrected chi connectivity index (χ3v) is 6.22. The molecule has 0 amide bonds. The zero-order valence-corrected chi connectivity index (χ0v) is 14.6. The van der Waals surface area contributed by atoms with E-state index >= 15 is 0 Å². The molecule has 114 valence electrons. The smallest absolute Gasteiger partial charge is 0.0443 e. The highest BCUT2D eigenvalue weighted by molar-refractivity contribution is 7.12. The molecule has 2 heteroatoms. The van der Waals surface area contributed by atoms with Gasteiger partial charge in [0.1, 0.15) is 0 Å². The van der Waals surface area contributed by atoms with E-state index in [0.717, 1.165) is 18.4 Å². The van der Waals surface area contributed by atoms with Crippen molar-refractivity contribution >= 4 is 11.3 Å². The minimum absolute atomic E-state index is 0.279. The van der Waals surface area contributed by atoms with Gasteiger partial charge in [-0.25, -0.2) is 0 Å². The first-order valence-electron chi connectivity index (χ1n) is 8.25. The van der Waals surface area contributed by atoms with E-state index in [2.05, 4.69) is 52.1 Å². The predicted octanol–water partition coefficient (Wildman–Crippen LogP) is 5.52. The van der Waals surface area contributed by atoms with Gasteiger partial charge in [0.2, 0.25) is 0 Å². The third kappa shape index (κ3) is 3.85. The number of thiophene rings is 1. The van der Waals surface area contributed by atoms with Crippen molar-refractivity contribution in [1.29, 1.82) is 0 Å². The Labute approximate surface area is 129 Å². The standard InChI is InChI=1S/C18H31NS/c1-6-19-17(14-9-7-13(2)8-10-14)15-11-12-16(20-15)18(3,4)5/h11-14,17,19H,6-10H2,1-5H3. The zero-order valence-electron chi connectivity index (χ0n) is 13.8.